The zero-order chi connectivity index (χ0) is 57.5. The van der Waals surface area contributed by atoms with Crippen LogP contribution in [0.2, 0.25) is 0 Å². The van der Waals surface area contributed by atoms with Gasteiger partial charge in [-0.15, -0.1) is 0 Å². The molecule has 0 amide bonds. The van der Waals surface area contributed by atoms with Crippen molar-refractivity contribution in [2.45, 2.75) is 222 Å². The predicted octanol–water partition coefficient (Wildman–Crippen LogP) is -15.2. The van der Waals surface area contributed by atoms with Crippen LogP contribution in [0, 0.1) is 0 Å². The van der Waals surface area contributed by atoms with Gasteiger partial charge in [-0.2, -0.15) is 0 Å². The summed E-state index contributed by atoms with van der Waals surface area (Å²) in [6.45, 7) is -3.28. The maximum Gasteiger partial charge on any atom is 0.335 e. The lowest BCUT2D eigenvalue weighted by atomic mass is 9.95. The van der Waals surface area contributed by atoms with E-state index in [9.17, 15) is 117 Å². The van der Waals surface area contributed by atoms with E-state index in [-0.39, 0.29) is 0 Å². The molecule has 35 atom stereocenters. The minimum Gasteiger partial charge on any atom is -0.479 e. The number of aliphatic hydroxyl groups is 21. The fourth-order valence-electron chi connectivity index (χ4n) is 9.68. The Labute approximate surface area is 439 Å². The smallest absolute Gasteiger partial charge is 0.335 e. The van der Waals surface area contributed by atoms with E-state index in [1.54, 1.807) is 0 Å². The van der Waals surface area contributed by atoms with Crippen LogP contribution in [0.15, 0.2) is 0 Å². The topological polar surface area (TPSA) is 582 Å². The van der Waals surface area contributed by atoms with Crippen molar-refractivity contribution in [2.24, 2.45) is 0 Å². The van der Waals surface area contributed by atoms with Gasteiger partial charge in [0, 0.05) is 0 Å². The standard InChI is InChI=1S/C42H70O36/c1-7-13(46)18(51)25(58)37(68-7)66-5-11-15(48)19(52)26(59)38(72-11)67-6-12-16(49)20(53)27(60)39(73-12)76-32-23(56)28(61)40(78-34(32)35(63)64)77-33-21(54)14(47)8(2-43)71-42(33)75-31-17(50)9(3-44)70-41(29(31)62)74-30-10(4-45)69-36(65)24(57)22(30)55/h7-34,36-62,65H,2-6H2,1H3,(H,63,64)/t7-,8+,9+,10+,11+,12+,13-,14+,15+,16+,17+,18+,19-,20-,21-,22+,23+,24+,25+,26+,27+,28+,29+,30+,31-,32-,33-,34-,36+,37+,38+,39+,40+,41-,42+/m0/s1. The summed E-state index contributed by atoms with van der Waals surface area (Å²) in [5.41, 5.74) is 0. The SMILES string of the molecule is C[C@@H]1O[C@@H](OC[C@H]2O[C@@H](OC[C@H]3O[C@H](O[C@H]4[C@H](O)[C@@H](O)[C@H](O[C@@H]5[C@@H](O[C@@H]6[C@@H](O)[C@H](O[C@H]7[C@H](O)[C@@H](O)[C@H](O)O[C@@H]7CO)O[C@H](CO)[C@H]6O)O[C@H](CO)[C@@H](O)[C@@H]5O)O[C@@H]4C(=O)O)[C@H](O)[C@@H](O)[C@@H]3O)[C@H](O)[C@@H](O)[C@@H]2O)[C@H](O)[C@H](O)[C@H]1O. The molecule has 78 heavy (non-hydrogen) atoms. The molecule has 36 nitrogen and oxygen atoms in total. The quantitative estimate of drug-likeness (QED) is 0.0606. The molecule has 0 aliphatic carbocycles. The number of hydrogen-bond donors (Lipinski definition) is 22. The largest absolute Gasteiger partial charge is 0.479 e. The van der Waals surface area contributed by atoms with Crippen molar-refractivity contribution in [3.8, 4) is 0 Å². The summed E-state index contributed by atoms with van der Waals surface area (Å²) in [6, 6.07) is 0. The molecule has 0 aromatic rings. The molecule has 7 aliphatic rings. The van der Waals surface area contributed by atoms with Gasteiger partial charge in [0.05, 0.1) is 39.1 Å². The highest BCUT2D eigenvalue weighted by Gasteiger charge is 2.58. The van der Waals surface area contributed by atoms with Gasteiger partial charge in [0.25, 0.3) is 0 Å². The highest BCUT2D eigenvalue weighted by Crippen LogP contribution is 2.37. The number of rotatable bonds is 18. The van der Waals surface area contributed by atoms with Gasteiger partial charge >= 0.3 is 5.97 Å². The second-order valence-corrected chi connectivity index (χ2v) is 19.7. The first-order valence-corrected chi connectivity index (χ1v) is 24.5. The van der Waals surface area contributed by atoms with E-state index in [0.717, 1.165) is 0 Å². The second-order valence-electron chi connectivity index (χ2n) is 19.7. The molecule has 0 spiro atoms. The third-order valence-corrected chi connectivity index (χ3v) is 14.4. The molecule has 7 fully saturated rings. The van der Waals surface area contributed by atoms with Crippen LogP contribution in [-0.4, -0.2) is 366 Å². The second kappa shape index (κ2) is 26.8. The summed E-state index contributed by atoms with van der Waals surface area (Å²) in [5.74, 6) is -1.98. The van der Waals surface area contributed by atoms with Gasteiger partial charge < -0.3 is 174 Å². The summed E-state index contributed by atoms with van der Waals surface area (Å²) in [5, 5.41) is 233. The summed E-state index contributed by atoms with van der Waals surface area (Å²) in [6.07, 6.45) is -69.9. The van der Waals surface area contributed by atoms with Gasteiger partial charge in [-0.25, -0.2) is 4.79 Å². The molecule has 0 unspecified atom stereocenters. The van der Waals surface area contributed by atoms with Gasteiger partial charge in [0.1, 0.15) is 159 Å². The van der Waals surface area contributed by atoms with Crippen molar-refractivity contribution in [3.63, 3.8) is 0 Å². The van der Waals surface area contributed by atoms with Gasteiger partial charge in [0.15, 0.2) is 50.1 Å². The van der Waals surface area contributed by atoms with Crippen molar-refractivity contribution < 1.29 is 179 Å². The number of hydrogen-bond acceptors (Lipinski definition) is 35. The third kappa shape index (κ3) is 13.1. The van der Waals surface area contributed by atoms with E-state index in [1.165, 1.54) is 6.92 Å². The lowest BCUT2D eigenvalue weighted by molar-refractivity contribution is -0.399. The number of carbonyl (C=O) groups is 1. The summed E-state index contributed by atoms with van der Waals surface area (Å²) < 4.78 is 71.5. The van der Waals surface area contributed by atoms with Crippen LogP contribution >= 0.6 is 0 Å². The minimum absolute atomic E-state index is 0.693. The Bertz CT molecular complexity index is 1880. The van der Waals surface area contributed by atoms with Crippen molar-refractivity contribution in [1.29, 1.82) is 0 Å². The van der Waals surface area contributed by atoms with Crippen LogP contribution in [0.3, 0.4) is 0 Å². The molecule has 7 heterocycles. The number of carboxylic acid groups (broad SMARTS) is 1. The van der Waals surface area contributed by atoms with Gasteiger partial charge in [-0.1, -0.05) is 0 Å². The summed E-state index contributed by atoms with van der Waals surface area (Å²) in [7, 11) is 0. The third-order valence-electron chi connectivity index (χ3n) is 14.4. The van der Waals surface area contributed by atoms with Crippen LogP contribution < -0.4 is 0 Å². The lowest BCUT2D eigenvalue weighted by Crippen LogP contribution is -2.68. The Hall–Kier alpha value is -1.89. The molecule has 0 aromatic carbocycles. The Morgan fingerprint density at radius 3 is 1.28 bits per heavy atom. The predicted molar refractivity (Wildman–Crippen MR) is 231 cm³/mol. The first kappa shape index (κ1) is 63.7. The Balaban J connectivity index is 1.02. The lowest BCUT2D eigenvalue weighted by Gasteiger charge is -2.49. The van der Waals surface area contributed by atoms with Gasteiger partial charge in [-0.3, -0.25) is 0 Å². The van der Waals surface area contributed by atoms with Gasteiger partial charge in [-0.05, 0) is 6.92 Å². The fraction of sp³-hybridized carbons (Fsp3) is 0.976. The minimum atomic E-state index is -2.48. The monoisotopic (exact) mass is 1150 g/mol. The molecule has 0 bridgehead atoms. The highest BCUT2D eigenvalue weighted by atomic mass is 16.8. The molecule has 7 rings (SSSR count). The molecule has 7 saturated heterocycles. The maximum absolute atomic E-state index is 12.7. The number of carboxylic acids is 1. The Morgan fingerprint density at radius 2 is 0.718 bits per heavy atom. The first-order chi connectivity index (χ1) is 36.8. The van der Waals surface area contributed by atoms with Crippen LogP contribution in [-0.2, 0) is 66.4 Å². The molecule has 454 valence electrons. The van der Waals surface area contributed by atoms with E-state index in [0.29, 0.717) is 0 Å². The maximum atomic E-state index is 12.7. The van der Waals surface area contributed by atoms with Crippen LogP contribution in [0.25, 0.3) is 0 Å². The average molecular weight is 1150 g/mol. The van der Waals surface area contributed by atoms with E-state index in [1.807, 2.05) is 0 Å². The van der Waals surface area contributed by atoms with E-state index in [4.69, 9.17) is 61.6 Å². The molecule has 22 N–H and O–H groups in total. The van der Waals surface area contributed by atoms with E-state index >= 15 is 0 Å². The van der Waals surface area contributed by atoms with Gasteiger partial charge in [0.2, 0.25) is 0 Å². The summed E-state index contributed by atoms with van der Waals surface area (Å²) >= 11 is 0. The van der Waals surface area contributed by atoms with E-state index in [2.05, 4.69) is 0 Å². The molecule has 7 aliphatic heterocycles. The van der Waals surface area contributed by atoms with E-state index < -0.39 is 254 Å². The molecule has 36 heteroatoms. The fourth-order valence-corrected chi connectivity index (χ4v) is 9.68. The number of aliphatic hydroxyl groups excluding tert-OH is 21. The molecular weight excluding hydrogens is 1080 g/mol. The Kier molecular flexibility index (Phi) is 21.9. The highest BCUT2D eigenvalue weighted by molar-refractivity contribution is 5.73. The zero-order valence-electron chi connectivity index (χ0n) is 40.8. The number of aliphatic carboxylic acids is 1. The van der Waals surface area contributed by atoms with Crippen molar-refractivity contribution in [3.05, 3.63) is 0 Å². The van der Waals surface area contributed by atoms with Crippen LogP contribution in [0.5, 0.6) is 0 Å². The Morgan fingerprint density at radius 1 is 0.333 bits per heavy atom. The molecule has 0 radical (unpaired) electrons. The normalized spacial score (nSPS) is 53.4. The summed E-state index contributed by atoms with van der Waals surface area (Å²) in [4.78, 5) is 12.7. The molecule has 0 aromatic heterocycles. The van der Waals surface area contributed by atoms with Crippen LogP contribution in [0.4, 0.5) is 0 Å². The molecule has 0 saturated carbocycles. The molecular formula is C42H70O36. The average Bonchev–Trinajstić information content (AvgIpc) is 3.57. The van der Waals surface area contributed by atoms with Crippen molar-refractivity contribution in [1.82, 2.24) is 0 Å². The number of ether oxygens (including phenoxy) is 13. The van der Waals surface area contributed by atoms with Crippen molar-refractivity contribution >= 4 is 5.97 Å². The van der Waals surface area contributed by atoms with Crippen molar-refractivity contribution in [2.75, 3.05) is 33.0 Å². The van der Waals surface area contributed by atoms with Crippen LogP contribution in [0.1, 0.15) is 6.92 Å². The first-order valence-electron chi connectivity index (χ1n) is 24.5. The zero-order valence-corrected chi connectivity index (χ0v) is 40.8.